The fourth-order valence-corrected chi connectivity index (χ4v) is 4.83. The Balaban J connectivity index is 1.47. The van der Waals surface area contributed by atoms with Gasteiger partial charge in [-0.3, -0.25) is 0 Å². The number of benzene rings is 1. The number of anilines is 1. The number of aryl methyl sites for hydroxylation is 1. The second kappa shape index (κ2) is 5.68. The number of ether oxygens (including phenoxy) is 1. The fourth-order valence-electron chi connectivity index (χ4n) is 4.83. The predicted molar refractivity (Wildman–Crippen MR) is 103 cm³/mol. The molecule has 1 spiro atoms. The summed E-state index contributed by atoms with van der Waals surface area (Å²) in [6, 6.07) is 4.72. The largest absolute Gasteiger partial charge is 0.507 e. The molecule has 6 rings (SSSR count). The van der Waals surface area contributed by atoms with Crippen LogP contribution in [0.25, 0.3) is 11.3 Å². The molecule has 4 aliphatic rings. The number of rotatable bonds is 3. The molecule has 1 aliphatic heterocycles. The van der Waals surface area contributed by atoms with Crippen LogP contribution in [-0.4, -0.2) is 26.9 Å². The molecule has 3 aliphatic carbocycles. The number of aromatic nitrogens is 2. The Hall–Kier alpha value is -2.14. The van der Waals surface area contributed by atoms with E-state index in [-0.39, 0.29) is 5.60 Å². The van der Waals surface area contributed by atoms with Crippen molar-refractivity contribution in [3.05, 3.63) is 34.4 Å². The van der Waals surface area contributed by atoms with Crippen molar-refractivity contribution >= 4 is 5.82 Å². The lowest BCUT2D eigenvalue weighted by Gasteiger charge is -2.31. The lowest BCUT2D eigenvalue weighted by Crippen LogP contribution is -2.31. The number of aromatic hydroxyl groups is 1. The normalized spacial score (nSPS) is 22.2. The first kappa shape index (κ1) is 15.9. The van der Waals surface area contributed by atoms with Gasteiger partial charge in [0.2, 0.25) is 0 Å². The van der Waals surface area contributed by atoms with E-state index in [9.17, 15) is 5.11 Å². The van der Waals surface area contributed by atoms with Crippen molar-refractivity contribution in [3.63, 3.8) is 0 Å². The van der Waals surface area contributed by atoms with E-state index in [1.54, 1.807) is 0 Å². The highest BCUT2D eigenvalue weighted by atomic mass is 16.5. The van der Waals surface area contributed by atoms with Gasteiger partial charge in [0, 0.05) is 23.6 Å². The van der Waals surface area contributed by atoms with Crippen molar-refractivity contribution in [1.82, 2.24) is 10.2 Å². The van der Waals surface area contributed by atoms with Gasteiger partial charge in [-0.1, -0.05) is 6.07 Å². The highest BCUT2D eigenvalue weighted by molar-refractivity contribution is 5.75. The van der Waals surface area contributed by atoms with Gasteiger partial charge in [-0.25, -0.2) is 0 Å². The van der Waals surface area contributed by atoms with E-state index in [0.717, 1.165) is 66.7 Å². The van der Waals surface area contributed by atoms with E-state index in [0.29, 0.717) is 18.4 Å². The lowest BCUT2D eigenvalue weighted by atomic mass is 9.90. The Morgan fingerprint density at radius 3 is 2.70 bits per heavy atom. The van der Waals surface area contributed by atoms with Crippen molar-refractivity contribution in [2.45, 2.75) is 76.0 Å². The molecule has 5 heteroatoms. The number of nitrogens with zero attached hydrogens (tertiary/aromatic N) is 2. The molecule has 1 aromatic heterocycles. The summed E-state index contributed by atoms with van der Waals surface area (Å²) >= 11 is 0. The zero-order chi connectivity index (χ0) is 18.0. The molecule has 0 radical (unpaired) electrons. The van der Waals surface area contributed by atoms with Crippen LogP contribution < -0.4 is 5.32 Å². The average Bonchev–Trinajstić information content (AvgIpc) is 3.20. The average molecular weight is 363 g/mol. The van der Waals surface area contributed by atoms with Crippen LogP contribution in [0, 0.1) is 0 Å². The molecule has 27 heavy (non-hydrogen) atoms. The summed E-state index contributed by atoms with van der Waals surface area (Å²) in [6.07, 6.45) is 9.95. The van der Waals surface area contributed by atoms with Crippen LogP contribution in [0.2, 0.25) is 0 Å². The molecule has 140 valence electrons. The van der Waals surface area contributed by atoms with E-state index >= 15 is 0 Å². The fraction of sp³-hybridized carbons (Fsp3) is 0.545. The molecule has 2 saturated carbocycles. The van der Waals surface area contributed by atoms with Crippen molar-refractivity contribution in [3.8, 4) is 17.0 Å². The van der Waals surface area contributed by atoms with Gasteiger partial charge in [-0.05, 0) is 74.1 Å². The Kier molecular flexibility index (Phi) is 3.34. The van der Waals surface area contributed by atoms with Gasteiger partial charge in [0.25, 0.3) is 0 Å². The molecule has 2 aromatic rings. The van der Waals surface area contributed by atoms with E-state index < -0.39 is 0 Å². The zero-order valence-corrected chi connectivity index (χ0v) is 15.6. The molecule has 0 bridgehead atoms. The monoisotopic (exact) mass is 363 g/mol. The van der Waals surface area contributed by atoms with Gasteiger partial charge in [0.15, 0.2) is 5.82 Å². The van der Waals surface area contributed by atoms with E-state index in [2.05, 4.69) is 21.6 Å². The first-order valence-electron chi connectivity index (χ1n) is 10.4. The second-order valence-corrected chi connectivity index (χ2v) is 8.73. The van der Waals surface area contributed by atoms with Gasteiger partial charge in [0.1, 0.15) is 11.4 Å². The standard InChI is InChI=1S/C22H25N3O2/c26-20-15-6-1-3-13(15)7-8-16(20)19-17-11-22(9-10-22)27-12-18(17)21(25-24-19)23-14-4-2-5-14/h7-8,14,26H,1-6,9-12H2,(H,23,25). The second-order valence-electron chi connectivity index (χ2n) is 8.73. The summed E-state index contributed by atoms with van der Waals surface area (Å²) in [6.45, 7) is 0.596. The van der Waals surface area contributed by atoms with E-state index in [1.165, 1.54) is 30.4 Å². The van der Waals surface area contributed by atoms with E-state index in [4.69, 9.17) is 4.74 Å². The number of hydrogen-bond donors (Lipinski definition) is 2. The number of hydrogen-bond acceptors (Lipinski definition) is 5. The highest BCUT2D eigenvalue weighted by Gasteiger charge is 2.48. The molecule has 2 fully saturated rings. The third-order valence-electron chi connectivity index (χ3n) is 6.97. The van der Waals surface area contributed by atoms with Gasteiger partial charge in [-0.15, -0.1) is 10.2 Å². The summed E-state index contributed by atoms with van der Waals surface area (Å²) in [5.41, 5.74) is 6.45. The molecular weight excluding hydrogens is 338 g/mol. The van der Waals surface area contributed by atoms with Crippen LogP contribution in [0.15, 0.2) is 12.1 Å². The minimum Gasteiger partial charge on any atom is -0.507 e. The molecule has 0 atom stereocenters. The molecular formula is C22H25N3O2. The quantitative estimate of drug-likeness (QED) is 0.865. The maximum absolute atomic E-state index is 11.0. The Morgan fingerprint density at radius 2 is 1.93 bits per heavy atom. The summed E-state index contributed by atoms with van der Waals surface area (Å²) < 4.78 is 6.20. The molecule has 1 aromatic carbocycles. The number of phenols is 1. The number of phenolic OH excluding ortho intramolecular Hbond substituents is 1. The third kappa shape index (κ3) is 2.48. The molecule has 0 saturated heterocycles. The topological polar surface area (TPSA) is 67.3 Å². The van der Waals surface area contributed by atoms with Crippen molar-refractivity contribution < 1.29 is 9.84 Å². The van der Waals surface area contributed by atoms with E-state index in [1.807, 2.05) is 6.07 Å². The molecule has 2 heterocycles. The van der Waals surface area contributed by atoms with Crippen LogP contribution in [0.3, 0.4) is 0 Å². The summed E-state index contributed by atoms with van der Waals surface area (Å²) in [5.74, 6) is 1.30. The summed E-state index contributed by atoms with van der Waals surface area (Å²) in [7, 11) is 0. The maximum atomic E-state index is 11.0. The number of nitrogens with one attached hydrogen (secondary N) is 1. The molecule has 5 nitrogen and oxygen atoms in total. The van der Waals surface area contributed by atoms with Crippen LogP contribution in [0.4, 0.5) is 5.82 Å². The van der Waals surface area contributed by atoms with Gasteiger partial charge >= 0.3 is 0 Å². The highest BCUT2D eigenvalue weighted by Crippen LogP contribution is 2.50. The minimum absolute atomic E-state index is 0.00483. The first-order chi connectivity index (χ1) is 13.2. The third-order valence-corrected chi connectivity index (χ3v) is 6.97. The lowest BCUT2D eigenvalue weighted by molar-refractivity contribution is 0.00830. The number of fused-ring (bicyclic) bond motifs is 2. The maximum Gasteiger partial charge on any atom is 0.154 e. The summed E-state index contributed by atoms with van der Waals surface area (Å²) in [5, 5.41) is 23.7. The molecule has 0 amide bonds. The van der Waals surface area contributed by atoms with Crippen molar-refractivity contribution in [2.75, 3.05) is 5.32 Å². The molecule has 2 N–H and O–H groups in total. The van der Waals surface area contributed by atoms with Gasteiger partial charge in [0.05, 0.1) is 12.2 Å². The first-order valence-corrected chi connectivity index (χ1v) is 10.4. The van der Waals surface area contributed by atoms with Crippen LogP contribution >= 0.6 is 0 Å². The minimum atomic E-state index is 0.00483. The Bertz CT molecular complexity index is 932. The smallest absolute Gasteiger partial charge is 0.154 e. The Labute approximate surface area is 159 Å². The van der Waals surface area contributed by atoms with Crippen LogP contribution in [-0.2, 0) is 30.6 Å². The van der Waals surface area contributed by atoms with Crippen molar-refractivity contribution in [2.24, 2.45) is 0 Å². The Morgan fingerprint density at radius 1 is 1.04 bits per heavy atom. The van der Waals surface area contributed by atoms with Crippen molar-refractivity contribution in [1.29, 1.82) is 0 Å². The van der Waals surface area contributed by atoms with Crippen LogP contribution in [0.1, 0.15) is 60.8 Å². The molecule has 0 unspecified atom stereocenters. The predicted octanol–water partition coefficient (Wildman–Crippen LogP) is 3.91. The van der Waals surface area contributed by atoms with Crippen LogP contribution in [0.5, 0.6) is 5.75 Å². The van der Waals surface area contributed by atoms with Gasteiger partial charge in [-0.2, -0.15) is 0 Å². The zero-order valence-electron chi connectivity index (χ0n) is 15.6. The van der Waals surface area contributed by atoms with Gasteiger partial charge < -0.3 is 15.2 Å². The SMILES string of the molecule is Oc1c(-c2nnc(NC3CCC3)c3c2CC2(CC2)OC3)ccc2c1CCC2. The summed E-state index contributed by atoms with van der Waals surface area (Å²) in [4.78, 5) is 0.